The minimum Gasteiger partial charge on any atom is -0.229 e. The van der Waals surface area contributed by atoms with E-state index < -0.39 is 9.84 Å². The van der Waals surface area contributed by atoms with Crippen LogP contribution in [0.5, 0.6) is 0 Å². The molecule has 0 aromatic rings. The second kappa shape index (κ2) is 8.06. The highest BCUT2D eigenvalue weighted by molar-refractivity contribution is 7.91. The molecule has 0 spiro atoms. The van der Waals surface area contributed by atoms with Gasteiger partial charge in [0.2, 0.25) is 0 Å². The van der Waals surface area contributed by atoms with Gasteiger partial charge in [-0.3, -0.25) is 0 Å². The van der Waals surface area contributed by atoms with Crippen molar-refractivity contribution >= 4 is 9.84 Å². The topological polar surface area (TPSA) is 57.9 Å². The van der Waals surface area contributed by atoms with Crippen LogP contribution in [0.15, 0.2) is 0 Å². The Morgan fingerprint density at radius 1 is 1.23 bits per heavy atom. The lowest BCUT2D eigenvalue weighted by Crippen LogP contribution is -2.04. The molecule has 0 unspecified atom stereocenters. The number of sulfone groups is 1. The molecule has 3 nitrogen and oxygen atoms in total. The molecule has 0 radical (unpaired) electrons. The minimum absolute atomic E-state index is 0.267. The van der Waals surface area contributed by atoms with Crippen molar-refractivity contribution in [1.82, 2.24) is 0 Å². The third-order valence-corrected chi connectivity index (χ3v) is 3.14. The Bertz CT molecular complexity index is 227. The van der Waals surface area contributed by atoms with Gasteiger partial charge in [0.25, 0.3) is 0 Å². The maximum Gasteiger partial charge on any atom is 0.149 e. The van der Waals surface area contributed by atoms with Crippen molar-refractivity contribution in [2.45, 2.75) is 34.1 Å². The second-order valence-corrected chi connectivity index (χ2v) is 5.72. The van der Waals surface area contributed by atoms with Crippen molar-refractivity contribution < 1.29 is 8.42 Å². The van der Waals surface area contributed by atoms with Gasteiger partial charge in [0.1, 0.15) is 9.84 Å². The molecular formula is C9H19NO2S. The van der Waals surface area contributed by atoms with Crippen molar-refractivity contribution in [2.75, 3.05) is 11.5 Å². The predicted molar refractivity (Wildman–Crippen MR) is 55.1 cm³/mol. The maximum atomic E-state index is 10.4. The van der Waals surface area contributed by atoms with Gasteiger partial charge in [-0.2, -0.15) is 5.26 Å². The molecule has 0 saturated heterocycles. The molecule has 0 saturated carbocycles. The summed E-state index contributed by atoms with van der Waals surface area (Å²) in [5.74, 6) is 1.07. The standard InChI is InChI=1S/C5H9N.C4H10O2S/c1-5(2)3-4-6;1-3-7(5,6)4-2/h5H,3H2,1-2H3;3-4H2,1-2H3. The summed E-state index contributed by atoms with van der Waals surface area (Å²) in [7, 11) is -2.66. The number of hydrogen-bond acceptors (Lipinski definition) is 3. The van der Waals surface area contributed by atoms with Crippen molar-refractivity contribution in [1.29, 1.82) is 5.26 Å². The Morgan fingerprint density at radius 3 is 1.62 bits per heavy atom. The molecule has 0 aliphatic heterocycles. The quantitative estimate of drug-likeness (QED) is 0.708. The lowest BCUT2D eigenvalue weighted by molar-refractivity contribution is 0.598. The average Bonchev–Trinajstić information content (AvgIpc) is 2.05. The van der Waals surface area contributed by atoms with Gasteiger partial charge in [0, 0.05) is 17.9 Å². The molecule has 0 rings (SSSR count). The smallest absolute Gasteiger partial charge is 0.149 e. The van der Waals surface area contributed by atoms with Gasteiger partial charge >= 0.3 is 0 Å². The first-order valence-electron chi connectivity index (χ1n) is 4.47. The van der Waals surface area contributed by atoms with E-state index in [0.29, 0.717) is 12.3 Å². The lowest BCUT2D eigenvalue weighted by atomic mass is 10.2. The van der Waals surface area contributed by atoms with Gasteiger partial charge in [0.15, 0.2) is 0 Å². The Kier molecular flexibility index (Phi) is 9.26. The molecule has 0 aromatic heterocycles. The van der Waals surface area contributed by atoms with E-state index in [9.17, 15) is 8.42 Å². The molecule has 4 heteroatoms. The molecule has 0 bridgehead atoms. The fourth-order valence-corrected chi connectivity index (χ4v) is 0.795. The highest BCUT2D eigenvalue weighted by Crippen LogP contribution is 1.94. The van der Waals surface area contributed by atoms with Gasteiger partial charge in [-0.05, 0) is 5.92 Å². The molecule has 0 amide bonds. The first-order valence-corrected chi connectivity index (χ1v) is 6.29. The number of nitrogens with zero attached hydrogens (tertiary/aromatic N) is 1. The van der Waals surface area contributed by atoms with Crippen LogP contribution in [0.4, 0.5) is 0 Å². The van der Waals surface area contributed by atoms with Crippen LogP contribution >= 0.6 is 0 Å². The zero-order valence-corrected chi connectivity index (χ0v) is 9.69. The van der Waals surface area contributed by atoms with Gasteiger partial charge < -0.3 is 0 Å². The van der Waals surface area contributed by atoms with Gasteiger partial charge in [-0.1, -0.05) is 27.7 Å². The minimum atomic E-state index is -2.66. The van der Waals surface area contributed by atoms with Crippen LogP contribution in [0.1, 0.15) is 34.1 Å². The monoisotopic (exact) mass is 205 g/mol. The van der Waals surface area contributed by atoms with E-state index in [1.54, 1.807) is 13.8 Å². The first-order chi connectivity index (χ1) is 5.89. The van der Waals surface area contributed by atoms with Gasteiger partial charge in [-0.15, -0.1) is 0 Å². The number of hydrogen-bond donors (Lipinski definition) is 0. The molecule has 0 atom stereocenters. The summed E-state index contributed by atoms with van der Waals surface area (Å²) in [6, 6.07) is 2.07. The fraction of sp³-hybridized carbons (Fsp3) is 0.889. The molecule has 0 aliphatic carbocycles. The SMILES string of the molecule is CC(C)CC#N.CCS(=O)(=O)CC. The van der Waals surface area contributed by atoms with Crippen LogP contribution < -0.4 is 0 Å². The van der Waals surface area contributed by atoms with E-state index in [0.717, 1.165) is 0 Å². The normalized spacial score (nSPS) is 10.2. The highest BCUT2D eigenvalue weighted by atomic mass is 32.2. The number of rotatable bonds is 3. The van der Waals surface area contributed by atoms with Gasteiger partial charge in [-0.25, -0.2) is 8.42 Å². The summed E-state index contributed by atoms with van der Waals surface area (Å²) >= 11 is 0. The predicted octanol–water partition coefficient (Wildman–Crippen LogP) is 2.00. The third kappa shape index (κ3) is 14.3. The average molecular weight is 205 g/mol. The zero-order valence-electron chi connectivity index (χ0n) is 8.87. The second-order valence-electron chi connectivity index (χ2n) is 3.08. The van der Waals surface area contributed by atoms with Crippen LogP contribution in [0.25, 0.3) is 0 Å². The Balaban J connectivity index is 0. The van der Waals surface area contributed by atoms with Crippen LogP contribution in [-0.2, 0) is 9.84 Å². The third-order valence-electron chi connectivity index (χ3n) is 1.38. The van der Waals surface area contributed by atoms with Crippen molar-refractivity contribution in [3.63, 3.8) is 0 Å². The van der Waals surface area contributed by atoms with E-state index in [2.05, 4.69) is 6.07 Å². The van der Waals surface area contributed by atoms with E-state index in [4.69, 9.17) is 5.26 Å². The maximum absolute atomic E-state index is 10.4. The van der Waals surface area contributed by atoms with Crippen LogP contribution in [0.3, 0.4) is 0 Å². The number of nitriles is 1. The summed E-state index contributed by atoms with van der Waals surface area (Å²) in [6.07, 6.45) is 0.681. The van der Waals surface area contributed by atoms with Crippen molar-refractivity contribution in [2.24, 2.45) is 5.92 Å². The summed E-state index contributed by atoms with van der Waals surface area (Å²) < 4.78 is 20.7. The van der Waals surface area contributed by atoms with Crippen LogP contribution in [-0.4, -0.2) is 19.9 Å². The molecule has 0 aliphatic rings. The van der Waals surface area contributed by atoms with E-state index in [-0.39, 0.29) is 11.5 Å². The molecule has 0 N–H and O–H groups in total. The molecule has 78 valence electrons. The summed E-state index contributed by atoms with van der Waals surface area (Å²) in [5, 5.41) is 7.99. The lowest BCUT2D eigenvalue weighted by Gasteiger charge is -1.89. The van der Waals surface area contributed by atoms with Crippen LogP contribution in [0, 0.1) is 17.2 Å². The van der Waals surface area contributed by atoms with E-state index >= 15 is 0 Å². The first kappa shape index (κ1) is 14.9. The van der Waals surface area contributed by atoms with Crippen molar-refractivity contribution in [3.8, 4) is 6.07 Å². The fourth-order valence-electron chi connectivity index (χ4n) is 0.387. The summed E-state index contributed by atoms with van der Waals surface area (Å²) in [6.45, 7) is 7.37. The van der Waals surface area contributed by atoms with Crippen LogP contribution in [0.2, 0.25) is 0 Å². The summed E-state index contributed by atoms with van der Waals surface area (Å²) in [5.41, 5.74) is 0. The summed E-state index contributed by atoms with van der Waals surface area (Å²) in [4.78, 5) is 0. The van der Waals surface area contributed by atoms with E-state index in [1.807, 2.05) is 13.8 Å². The Labute approximate surface area is 81.7 Å². The molecule has 0 fully saturated rings. The zero-order chi connectivity index (χ0) is 10.9. The van der Waals surface area contributed by atoms with Gasteiger partial charge in [0.05, 0.1) is 6.07 Å². The molecule has 13 heavy (non-hydrogen) atoms. The van der Waals surface area contributed by atoms with Crippen molar-refractivity contribution in [3.05, 3.63) is 0 Å². The highest BCUT2D eigenvalue weighted by Gasteiger charge is 1.99. The Morgan fingerprint density at radius 2 is 1.62 bits per heavy atom. The molecule has 0 heterocycles. The van der Waals surface area contributed by atoms with E-state index in [1.165, 1.54) is 0 Å². The molecule has 0 aromatic carbocycles. The Hall–Kier alpha value is -0.560. The molecular weight excluding hydrogens is 186 g/mol. The largest absolute Gasteiger partial charge is 0.229 e.